The Kier molecular flexibility index (Phi) is 8.21. The monoisotopic (exact) mass is 466 g/mol. The van der Waals surface area contributed by atoms with Gasteiger partial charge in [0, 0.05) is 30.2 Å². The molecule has 0 radical (unpaired) electrons. The maximum absolute atomic E-state index is 13.0. The van der Waals surface area contributed by atoms with E-state index in [4.69, 9.17) is 4.74 Å². The van der Waals surface area contributed by atoms with Crippen LogP contribution in [0.3, 0.4) is 0 Å². The van der Waals surface area contributed by atoms with Crippen molar-refractivity contribution >= 4 is 35.2 Å². The number of rotatable bonds is 8. The average Bonchev–Trinajstić information content (AvgIpc) is 2.82. The Bertz CT molecular complexity index is 1120. The lowest BCUT2D eigenvalue weighted by Crippen LogP contribution is -2.31. The number of ether oxygens (including phenoxy) is 1. The summed E-state index contributed by atoms with van der Waals surface area (Å²) in [5, 5.41) is 2.68. The fourth-order valence-corrected chi connectivity index (χ4v) is 3.77. The fraction of sp³-hybridized carbons (Fsp3) is 0.160. The summed E-state index contributed by atoms with van der Waals surface area (Å²) >= 11 is 1.16. The van der Waals surface area contributed by atoms with Crippen LogP contribution in [-0.2, 0) is 14.3 Å². The van der Waals surface area contributed by atoms with Crippen molar-refractivity contribution in [3.8, 4) is 0 Å². The predicted octanol–water partition coefficient (Wildman–Crippen LogP) is 4.54. The van der Waals surface area contributed by atoms with E-state index in [1.807, 2.05) is 6.07 Å². The molecule has 2 amide bonds. The number of likely N-dealkylation sites (N-methyl/N-ethyl adjacent to an activating group) is 1. The summed E-state index contributed by atoms with van der Waals surface area (Å²) in [6.45, 7) is 0. The first-order valence-electron chi connectivity index (χ1n) is 10.1. The van der Waals surface area contributed by atoms with Gasteiger partial charge in [0.2, 0.25) is 12.0 Å². The van der Waals surface area contributed by atoms with Crippen molar-refractivity contribution in [2.45, 2.75) is 11.0 Å². The van der Waals surface area contributed by atoms with E-state index in [9.17, 15) is 18.8 Å². The Morgan fingerprint density at radius 1 is 0.939 bits per heavy atom. The SMILES string of the molecule is CN(C)C(=O)C(OC(=O)c1ccccc1SCC(=O)Nc1ccc(F)cc1)c1ccccc1. The Labute approximate surface area is 195 Å². The number of halogens is 1. The van der Waals surface area contributed by atoms with E-state index >= 15 is 0 Å². The summed E-state index contributed by atoms with van der Waals surface area (Å²) in [6, 6.07) is 21.0. The topological polar surface area (TPSA) is 75.7 Å². The summed E-state index contributed by atoms with van der Waals surface area (Å²) in [5.74, 6) is -1.70. The molecular weight excluding hydrogens is 443 g/mol. The number of nitrogens with one attached hydrogen (secondary N) is 1. The van der Waals surface area contributed by atoms with Crippen molar-refractivity contribution in [3.05, 3.63) is 95.8 Å². The van der Waals surface area contributed by atoms with Gasteiger partial charge < -0.3 is 15.0 Å². The lowest BCUT2D eigenvalue weighted by atomic mass is 10.1. The molecule has 0 saturated heterocycles. The highest BCUT2D eigenvalue weighted by molar-refractivity contribution is 8.00. The molecule has 0 saturated carbocycles. The molecule has 0 aliphatic heterocycles. The number of anilines is 1. The van der Waals surface area contributed by atoms with E-state index in [-0.39, 0.29) is 23.1 Å². The maximum Gasteiger partial charge on any atom is 0.340 e. The van der Waals surface area contributed by atoms with Crippen molar-refractivity contribution in [2.24, 2.45) is 0 Å². The van der Waals surface area contributed by atoms with E-state index in [1.165, 1.54) is 29.2 Å². The van der Waals surface area contributed by atoms with Gasteiger partial charge in [0.05, 0.1) is 11.3 Å². The normalized spacial score (nSPS) is 11.4. The number of carbonyl (C=O) groups is 3. The van der Waals surface area contributed by atoms with Gasteiger partial charge in [-0.25, -0.2) is 9.18 Å². The van der Waals surface area contributed by atoms with Crippen LogP contribution < -0.4 is 5.32 Å². The molecule has 0 aliphatic rings. The van der Waals surface area contributed by atoms with E-state index in [2.05, 4.69) is 5.32 Å². The van der Waals surface area contributed by atoms with Crippen molar-refractivity contribution in [2.75, 3.05) is 25.2 Å². The van der Waals surface area contributed by atoms with Crippen molar-refractivity contribution in [1.82, 2.24) is 4.90 Å². The zero-order chi connectivity index (χ0) is 23.8. The van der Waals surface area contributed by atoms with Gasteiger partial charge in [-0.2, -0.15) is 0 Å². The zero-order valence-electron chi connectivity index (χ0n) is 18.2. The molecule has 3 aromatic carbocycles. The Morgan fingerprint density at radius 2 is 1.58 bits per heavy atom. The predicted molar refractivity (Wildman–Crippen MR) is 125 cm³/mol. The van der Waals surface area contributed by atoms with Crippen molar-refractivity contribution in [1.29, 1.82) is 0 Å². The highest BCUT2D eigenvalue weighted by Crippen LogP contribution is 2.27. The van der Waals surface area contributed by atoms with Crippen LogP contribution in [-0.4, -0.2) is 42.5 Å². The summed E-state index contributed by atoms with van der Waals surface area (Å²) < 4.78 is 18.6. The second-order valence-corrected chi connectivity index (χ2v) is 8.29. The van der Waals surface area contributed by atoms with Gasteiger partial charge >= 0.3 is 5.97 Å². The van der Waals surface area contributed by atoms with Crippen LogP contribution in [0, 0.1) is 5.82 Å². The van der Waals surface area contributed by atoms with Crippen LogP contribution in [0.25, 0.3) is 0 Å². The van der Waals surface area contributed by atoms with Gasteiger partial charge in [-0.05, 0) is 36.4 Å². The molecule has 0 fully saturated rings. The molecule has 0 spiro atoms. The lowest BCUT2D eigenvalue weighted by molar-refractivity contribution is -0.138. The molecule has 0 aromatic heterocycles. The van der Waals surface area contributed by atoms with E-state index in [0.717, 1.165) is 11.8 Å². The van der Waals surface area contributed by atoms with Gasteiger partial charge in [-0.1, -0.05) is 42.5 Å². The molecule has 1 N–H and O–H groups in total. The number of hydrogen-bond donors (Lipinski definition) is 1. The minimum atomic E-state index is -1.09. The van der Waals surface area contributed by atoms with Crippen LogP contribution in [0.2, 0.25) is 0 Å². The summed E-state index contributed by atoms with van der Waals surface area (Å²) in [7, 11) is 3.19. The summed E-state index contributed by atoms with van der Waals surface area (Å²) in [4.78, 5) is 39.9. The minimum absolute atomic E-state index is 0.0282. The van der Waals surface area contributed by atoms with Gasteiger partial charge in [0.25, 0.3) is 5.91 Å². The first-order chi connectivity index (χ1) is 15.8. The number of amides is 2. The number of thioether (sulfide) groups is 1. The summed E-state index contributed by atoms with van der Waals surface area (Å²) in [5.41, 5.74) is 1.29. The highest BCUT2D eigenvalue weighted by Gasteiger charge is 2.28. The molecule has 3 rings (SSSR count). The molecule has 170 valence electrons. The lowest BCUT2D eigenvalue weighted by Gasteiger charge is -2.21. The second kappa shape index (κ2) is 11.3. The van der Waals surface area contributed by atoms with Gasteiger partial charge in [-0.3, -0.25) is 9.59 Å². The number of hydrogen-bond acceptors (Lipinski definition) is 5. The Hall–Kier alpha value is -3.65. The second-order valence-electron chi connectivity index (χ2n) is 7.27. The quantitative estimate of drug-likeness (QED) is 0.390. The Balaban J connectivity index is 1.71. The molecular formula is C25H23FN2O4S. The number of esters is 1. The van der Waals surface area contributed by atoms with Crippen LogP contribution in [0.4, 0.5) is 10.1 Å². The number of nitrogens with zero attached hydrogens (tertiary/aromatic N) is 1. The number of benzene rings is 3. The summed E-state index contributed by atoms with van der Waals surface area (Å²) in [6.07, 6.45) is -1.09. The van der Waals surface area contributed by atoms with Gasteiger partial charge in [0.15, 0.2) is 0 Å². The molecule has 3 aromatic rings. The zero-order valence-corrected chi connectivity index (χ0v) is 19.0. The van der Waals surface area contributed by atoms with Crippen LogP contribution in [0.15, 0.2) is 83.8 Å². The third kappa shape index (κ3) is 6.66. The molecule has 1 atom stereocenters. The van der Waals surface area contributed by atoms with Crippen LogP contribution >= 0.6 is 11.8 Å². The first kappa shape index (κ1) is 24.0. The smallest absolute Gasteiger partial charge is 0.340 e. The van der Waals surface area contributed by atoms with Crippen LogP contribution in [0.5, 0.6) is 0 Å². The minimum Gasteiger partial charge on any atom is -0.444 e. The van der Waals surface area contributed by atoms with Gasteiger partial charge in [0.1, 0.15) is 5.82 Å². The molecule has 0 heterocycles. The largest absolute Gasteiger partial charge is 0.444 e. The van der Waals surface area contributed by atoms with E-state index in [1.54, 1.807) is 62.6 Å². The number of carbonyl (C=O) groups excluding carboxylic acids is 3. The molecule has 6 nitrogen and oxygen atoms in total. The standard InChI is InChI=1S/C25H23FN2O4S/c1-28(2)24(30)23(17-8-4-3-5-9-17)32-25(31)20-10-6-7-11-21(20)33-16-22(29)27-19-14-12-18(26)13-15-19/h3-15,23H,16H2,1-2H3,(H,27,29). The average molecular weight is 467 g/mol. The third-order valence-corrected chi connectivity index (χ3v) is 5.66. The molecule has 8 heteroatoms. The van der Waals surface area contributed by atoms with Crippen LogP contribution in [0.1, 0.15) is 22.0 Å². The maximum atomic E-state index is 13.0. The first-order valence-corrected chi connectivity index (χ1v) is 11.1. The van der Waals surface area contributed by atoms with Crippen molar-refractivity contribution in [3.63, 3.8) is 0 Å². The molecule has 1 unspecified atom stereocenters. The highest BCUT2D eigenvalue weighted by atomic mass is 32.2. The Morgan fingerprint density at radius 3 is 2.24 bits per heavy atom. The molecule has 0 bridgehead atoms. The van der Waals surface area contributed by atoms with E-state index < -0.39 is 17.9 Å². The third-order valence-electron chi connectivity index (χ3n) is 4.59. The van der Waals surface area contributed by atoms with E-state index in [0.29, 0.717) is 16.1 Å². The van der Waals surface area contributed by atoms with Gasteiger partial charge in [-0.15, -0.1) is 11.8 Å². The molecule has 0 aliphatic carbocycles. The molecule has 33 heavy (non-hydrogen) atoms. The fourth-order valence-electron chi connectivity index (χ4n) is 2.93. The van der Waals surface area contributed by atoms with Crippen molar-refractivity contribution < 1.29 is 23.5 Å².